The van der Waals surface area contributed by atoms with Crippen LogP contribution in [0.3, 0.4) is 0 Å². The zero-order valence-electron chi connectivity index (χ0n) is 9.98. The summed E-state index contributed by atoms with van der Waals surface area (Å²) in [6.07, 6.45) is 0. The van der Waals surface area contributed by atoms with Crippen LogP contribution < -0.4 is 5.32 Å². The van der Waals surface area contributed by atoms with E-state index in [2.05, 4.69) is 21.6 Å². The largest absolute Gasteiger partial charge is 0.356 e. The fourth-order valence-corrected chi connectivity index (χ4v) is 2.17. The van der Waals surface area contributed by atoms with Crippen LogP contribution in [-0.2, 0) is 13.6 Å². The maximum Gasteiger partial charge on any atom is 0.205 e. The second kappa shape index (κ2) is 4.55. The molecule has 2 rings (SSSR count). The number of nitrogens with one attached hydrogen (secondary N) is 1. The van der Waals surface area contributed by atoms with Crippen molar-refractivity contribution in [3.8, 4) is 6.07 Å². The molecule has 0 saturated heterocycles. The third kappa shape index (κ3) is 2.29. The molecule has 0 aliphatic carbocycles. The second-order valence-electron chi connectivity index (χ2n) is 3.79. The Hall–Kier alpha value is -1.87. The second-order valence-corrected chi connectivity index (χ2v) is 4.97. The molecule has 0 spiro atoms. The van der Waals surface area contributed by atoms with Gasteiger partial charge in [0.1, 0.15) is 16.8 Å². The van der Waals surface area contributed by atoms with Gasteiger partial charge in [-0.1, -0.05) is 11.3 Å². The lowest BCUT2D eigenvalue weighted by atomic mass is 10.2. The third-order valence-electron chi connectivity index (χ3n) is 2.71. The summed E-state index contributed by atoms with van der Waals surface area (Å²) in [6.45, 7) is 4.59. The molecular weight excluding hydrogens is 234 g/mol. The van der Waals surface area contributed by atoms with E-state index in [1.807, 2.05) is 31.5 Å². The molecule has 5 nitrogen and oxygen atoms in total. The van der Waals surface area contributed by atoms with Gasteiger partial charge in [0, 0.05) is 19.3 Å². The van der Waals surface area contributed by atoms with Gasteiger partial charge >= 0.3 is 0 Å². The summed E-state index contributed by atoms with van der Waals surface area (Å²) in [5.74, 6) is 0. The Kier molecular flexibility index (Phi) is 3.11. The Balaban J connectivity index is 2.12. The lowest BCUT2D eigenvalue weighted by molar-refractivity contribution is 0.856. The number of hydrogen-bond acceptors (Lipinski definition) is 5. The van der Waals surface area contributed by atoms with Crippen molar-refractivity contribution >= 4 is 16.5 Å². The van der Waals surface area contributed by atoms with Crippen LogP contribution in [0.25, 0.3) is 0 Å². The fraction of sp³-hybridized carbons (Fsp3) is 0.364. The van der Waals surface area contributed by atoms with Crippen molar-refractivity contribution in [1.29, 1.82) is 5.26 Å². The van der Waals surface area contributed by atoms with E-state index in [1.165, 1.54) is 11.3 Å². The average molecular weight is 247 g/mol. The summed E-state index contributed by atoms with van der Waals surface area (Å²) in [5, 5.41) is 21.8. The number of hydrogen-bond donors (Lipinski definition) is 1. The van der Waals surface area contributed by atoms with Gasteiger partial charge in [0.15, 0.2) is 0 Å². The standard InChI is InChI=1S/C11H13N5S/c1-7-9(4-10(5-12)16(7)3)6-13-11-15-14-8(2)17-11/h4H,6H2,1-3H3,(H,13,15). The molecule has 0 atom stereocenters. The van der Waals surface area contributed by atoms with E-state index in [4.69, 9.17) is 5.26 Å². The van der Waals surface area contributed by atoms with E-state index in [0.29, 0.717) is 12.2 Å². The normalized spacial score (nSPS) is 10.2. The molecule has 2 aromatic heterocycles. The summed E-state index contributed by atoms with van der Waals surface area (Å²) in [4.78, 5) is 0. The van der Waals surface area contributed by atoms with Gasteiger partial charge in [0.2, 0.25) is 5.13 Å². The lowest BCUT2D eigenvalue weighted by Gasteiger charge is -2.02. The van der Waals surface area contributed by atoms with Gasteiger partial charge in [-0.2, -0.15) is 5.26 Å². The first-order valence-electron chi connectivity index (χ1n) is 5.21. The van der Waals surface area contributed by atoms with Crippen molar-refractivity contribution in [2.45, 2.75) is 20.4 Å². The summed E-state index contributed by atoms with van der Waals surface area (Å²) in [7, 11) is 1.90. The summed E-state index contributed by atoms with van der Waals surface area (Å²) < 4.78 is 1.89. The van der Waals surface area contributed by atoms with Gasteiger partial charge < -0.3 is 9.88 Å². The first-order valence-corrected chi connectivity index (χ1v) is 6.02. The molecule has 0 aliphatic heterocycles. The van der Waals surface area contributed by atoms with E-state index in [-0.39, 0.29) is 0 Å². The Morgan fingerprint density at radius 1 is 1.47 bits per heavy atom. The summed E-state index contributed by atoms with van der Waals surface area (Å²) in [6, 6.07) is 4.07. The molecule has 6 heteroatoms. The number of rotatable bonds is 3. The summed E-state index contributed by atoms with van der Waals surface area (Å²) in [5.41, 5.74) is 2.87. The Bertz CT molecular complexity index is 575. The molecular formula is C11H13N5S. The Labute approximate surface area is 104 Å². The van der Waals surface area contributed by atoms with Crippen LogP contribution in [0.4, 0.5) is 5.13 Å². The minimum Gasteiger partial charge on any atom is -0.356 e. The van der Waals surface area contributed by atoms with Gasteiger partial charge in [0.05, 0.1) is 0 Å². The van der Waals surface area contributed by atoms with Gasteiger partial charge in [-0.3, -0.25) is 0 Å². The van der Waals surface area contributed by atoms with E-state index >= 15 is 0 Å². The highest BCUT2D eigenvalue weighted by molar-refractivity contribution is 7.15. The van der Waals surface area contributed by atoms with E-state index in [9.17, 15) is 0 Å². The van der Waals surface area contributed by atoms with E-state index < -0.39 is 0 Å². The van der Waals surface area contributed by atoms with Gasteiger partial charge in [-0.25, -0.2) is 0 Å². The molecule has 0 fully saturated rings. The van der Waals surface area contributed by atoms with Crippen molar-refractivity contribution < 1.29 is 0 Å². The molecule has 0 aromatic carbocycles. The maximum atomic E-state index is 8.93. The SMILES string of the molecule is Cc1nnc(NCc2cc(C#N)n(C)c2C)s1. The van der Waals surface area contributed by atoms with Gasteiger partial charge in [-0.15, -0.1) is 10.2 Å². The van der Waals surface area contributed by atoms with Crippen LogP contribution in [0.15, 0.2) is 6.07 Å². The molecule has 2 aromatic rings. The highest BCUT2D eigenvalue weighted by atomic mass is 32.1. The Morgan fingerprint density at radius 3 is 2.76 bits per heavy atom. The number of nitriles is 1. The number of aromatic nitrogens is 3. The molecule has 88 valence electrons. The fourth-order valence-electron chi connectivity index (χ4n) is 1.59. The zero-order valence-corrected chi connectivity index (χ0v) is 10.8. The van der Waals surface area contributed by atoms with Crippen molar-refractivity contribution in [3.63, 3.8) is 0 Å². The Morgan fingerprint density at radius 2 is 2.24 bits per heavy atom. The van der Waals surface area contributed by atoms with Crippen molar-refractivity contribution in [3.05, 3.63) is 28.0 Å². The van der Waals surface area contributed by atoms with Crippen LogP contribution in [0, 0.1) is 25.2 Å². The number of anilines is 1. The predicted molar refractivity (Wildman–Crippen MR) is 66.8 cm³/mol. The van der Waals surface area contributed by atoms with Crippen molar-refractivity contribution in [2.75, 3.05) is 5.32 Å². The highest BCUT2D eigenvalue weighted by Crippen LogP contribution is 2.18. The van der Waals surface area contributed by atoms with Crippen molar-refractivity contribution in [1.82, 2.24) is 14.8 Å². The van der Waals surface area contributed by atoms with E-state index in [1.54, 1.807) is 0 Å². The highest BCUT2D eigenvalue weighted by Gasteiger charge is 2.09. The van der Waals surface area contributed by atoms with Crippen LogP contribution in [0.5, 0.6) is 0 Å². The first-order chi connectivity index (χ1) is 8.11. The van der Waals surface area contributed by atoms with Crippen LogP contribution >= 0.6 is 11.3 Å². The number of nitrogens with zero attached hydrogens (tertiary/aromatic N) is 4. The van der Waals surface area contributed by atoms with Crippen molar-refractivity contribution in [2.24, 2.45) is 7.05 Å². The molecule has 0 amide bonds. The monoisotopic (exact) mass is 247 g/mol. The summed E-state index contributed by atoms with van der Waals surface area (Å²) >= 11 is 1.52. The predicted octanol–water partition coefficient (Wildman–Crippen LogP) is 1.98. The molecule has 0 bridgehead atoms. The average Bonchev–Trinajstić information content (AvgIpc) is 2.84. The molecule has 0 unspecified atom stereocenters. The molecule has 0 aliphatic rings. The molecule has 0 saturated carbocycles. The molecule has 1 N–H and O–H groups in total. The quantitative estimate of drug-likeness (QED) is 0.900. The smallest absolute Gasteiger partial charge is 0.205 e. The minimum absolute atomic E-state index is 0.663. The van der Waals surface area contributed by atoms with Crippen LogP contribution in [0.2, 0.25) is 0 Å². The molecule has 17 heavy (non-hydrogen) atoms. The lowest BCUT2D eigenvalue weighted by Crippen LogP contribution is -2.01. The van der Waals surface area contributed by atoms with Crippen LogP contribution in [0.1, 0.15) is 22.0 Å². The maximum absolute atomic E-state index is 8.93. The minimum atomic E-state index is 0.663. The van der Waals surface area contributed by atoms with Crippen LogP contribution in [-0.4, -0.2) is 14.8 Å². The zero-order chi connectivity index (χ0) is 12.4. The first kappa shape index (κ1) is 11.6. The third-order valence-corrected chi connectivity index (χ3v) is 3.51. The molecule has 0 radical (unpaired) electrons. The van der Waals surface area contributed by atoms with Gasteiger partial charge in [-0.05, 0) is 25.5 Å². The van der Waals surface area contributed by atoms with E-state index in [0.717, 1.165) is 21.4 Å². The molecule has 2 heterocycles. The van der Waals surface area contributed by atoms with Gasteiger partial charge in [0.25, 0.3) is 0 Å². The topological polar surface area (TPSA) is 66.5 Å². The number of aryl methyl sites for hydroxylation is 1.